The van der Waals surface area contributed by atoms with Crippen LogP contribution in [0.5, 0.6) is 0 Å². The number of aromatic nitrogens is 1. The molecule has 2 N–H and O–H groups in total. The molecular weight excluding hydrogens is 264 g/mol. The van der Waals surface area contributed by atoms with Gasteiger partial charge in [0.05, 0.1) is 6.54 Å². The lowest BCUT2D eigenvalue weighted by Gasteiger charge is -2.00. The van der Waals surface area contributed by atoms with E-state index in [1.54, 1.807) is 13.8 Å². The van der Waals surface area contributed by atoms with E-state index in [0.717, 1.165) is 0 Å². The van der Waals surface area contributed by atoms with Gasteiger partial charge in [0.15, 0.2) is 12.2 Å². The van der Waals surface area contributed by atoms with E-state index in [1.165, 1.54) is 12.5 Å². The van der Waals surface area contributed by atoms with Gasteiger partial charge in [0, 0.05) is 12.5 Å². The maximum Gasteiger partial charge on any atom is 0.339 e. The molecule has 0 aromatic carbocycles. The monoisotopic (exact) mass is 278 g/mol. The summed E-state index contributed by atoms with van der Waals surface area (Å²) in [5.41, 5.74) is 0.620. The number of aromatic carboxylic acids is 1. The van der Waals surface area contributed by atoms with Gasteiger partial charge in [-0.25, -0.2) is 9.78 Å². The minimum atomic E-state index is -1.11. The average Bonchev–Trinajstić information content (AvgIpc) is 3.02. The Morgan fingerprint density at radius 1 is 1.45 bits per heavy atom. The molecule has 1 amide bonds. The van der Waals surface area contributed by atoms with Crippen molar-refractivity contribution in [2.45, 2.75) is 26.8 Å². The van der Waals surface area contributed by atoms with Gasteiger partial charge in [-0.15, -0.1) is 0 Å². The Morgan fingerprint density at radius 3 is 2.70 bits per heavy atom. The molecule has 0 radical (unpaired) electrons. The lowest BCUT2D eigenvalue weighted by atomic mass is 10.2. The molecule has 0 saturated heterocycles. The minimum Gasteiger partial charge on any atom is -0.478 e. The molecule has 0 aliphatic carbocycles. The number of hydrogen-bond acceptors (Lipinski definition) is 5. The molecule has 0 aliphatic heterocycles. The molecule has 20 heavy (non-hydrogen) atoms. The molecule has 7 heteroatoms. The lowest BCUT2D eigenvalue weighted by Crippen LogP contribution is -2.22. The molecule has 0 unspecified atom stereocenters. The van der Waals surface area contributed by atoms with Crippen LogP contribution in [0.1, 0.15) is 45.1 Å². The molecule has 0 saturated carbocycles. The Labute approximate surface area is 114 Å². The van der Waals surface area contributed by atoms with E-state index >= 15 is 0 Å². The van der Waals surface area contributed by atoms with E-state index in [1.807, 2.05) is 0 Å². The van der Waals surface area contributed by atoms with Crippen molar-refractivity contribution in [3.8, 4) is 0 Å². The number of furan rings is 1. The molecule has 7 nitrogen and oxygen atoms in total. The standard InChI is InChI=1S/C13H14N2O5/c1-3-10-8(13(17)18)4-11(20-10)12(16)14-5-9-7(2)19-6-15-9/h4,6H,3,5H2,1-2H3,(H,14,16)(H,17,18). The summed E-state index contributed by atoms with van der Waals surface area (Å²) in [6, 6.07) is 1.23. The number of nitrogens with one attached hydrogen (secondary N) is 1. The summed E-state index contributed by atoms with van der Waals surface area (Å²) >= 11 is 0. The number of nitrogens with zero attached hydrogens (tertiary/aromatic N) is 1. The molecule has 2 rings (SSSR count). The first-order valence-electron chi connectivity index (χ1n) is 6.06. The second-order valence-electron chi connectivity index (χ2n) is 4.14. The van der Waals surface area contributed by atoms with Gasteiger partial charge in [-0.1, -0.05) is 6.92 Å². The van der Waals surface area contributed by atoms with E-state index in [4.69, 9.17) is 13.9 Å². The summed E-state index contributed by atoms with van der Waals surface area (Å²) in [5, 5.41) is 11.6. The zero-order valence-electron chi connectivity index (χ0n) is 11.1. The largest absolute Gasteiger partial charge is 0.478 e. The van der Waals surface area contributed by atoms with Gasteiger partial charge in [0.2, 0.25) is 0 Å². The van der Waals surface area contributed by atoms with Gasteiger partial charge in [0.25, 0.3) is 5.91 Å². The van der Waals surface area contributed by atoms with Crippen LogP contribution in [-0.4, -0.2) is 22.0 Å². The van der Waals surface area contributed by atoms with Gasteiger partial charge in [-0.3, -0.25) is 4.79 Å². The van der Waals surface area contributed by atoms with Gasteiger partial charge in [0.1, 0.15) is 22.8 Å². The summed E-state index contributed by atoms with van der Waals surface area (Å²) in [4.78, 5) is 26.8. The van der Waals surface area contributed by atoms with Crippen LogP contribution >= 0.6 is 0 Å². The smallest absolute Gasteiger partial charge is 0.339 e. The van der Waals surface area contributed by atoms with Crippen molar-refractivity contribution in [2.24, 2.45) is 0 Å². The highest BCUT2D eigenvalue weighted by Crippen LogP contribution is 2.16. The predicted molar refractivity (Wildman–Crippen MR) is 67.5 cm³/mol. The molecule has 2 heterocycles. The van der Waals surface area contributed by atoms with Crippen LogP contribution in [0.4, 0.5) is 0 Å². The predicted octanol–water partition coefficient (Wildman–Crippen LogP) is 1.77. The minimum absolute atomic E-state index is 0.00951. The molecule has 0 atom stereocenters. The van der Waals surface area contributed by atoms with E-state index in [9.17, 15) is 9.59 Å². The van der Waals surface area contributed by atoms with Crippen LogP contribution in [0, 0.1) is 6.92 Å². The van der Waals surface area contributed by atoms with Crippen LogP contribution in [0.2, 0.25) is 0 Å². The first kappa shape index (κ1) is 13.9. The molecule has 0 bridgehead atoms. The quantitative estimate of drug-likeness (QED) is 0.863. The summed E-state index contributed by atoms with van der Waals surface area (Å²) in [5.74, 6) is -0.738. The highest BCUT2D eigenvalue weighted by molar-refractivity contribution is 5.96. The zero-order valence-corrected chi connectivity index (χ0v) is 11.1. The third-order valence-electron chi connectivity index (χ3n) is 2.85. The summed E-state index contributed by atoms with van der Waals surface area (Å²) < 4.78 is 10.3. The number of carbonyl (C=O) groups excluding carboxylic acids is 1. The third kappa shape index (κ3) is 2.71. The molecule has 2 aromatic rings. The molecule has 0 fully saturated rings. The zero-order chi connectivity index (χ0) is 14.7. The van der Waals surface area contributed by atoms with E-state index in [-0.39, 0.29) is 23.6 Å². The number of hydrogen-bond donors (Lipinski definition) is 2. The van der Waals surface area contributed by atoms with Crippen molar-refractivity contribution in [2.75, 3.05) is 0 Å². The van der Waals surface area contributed by atoms with E-state index < -0.39 is 11.9 Å². The fraction of sp³-hybridized carbons (Fsp3) is 0.308. The van der Waals surface area contributed by atoms with Crippen molar-refractivity contribution in [1.82, 2.24) is 10.3 Å². The highest BCUT2D eigenvalue weighted by atomic mass is 16.4. The van der Waals surface area contributed by atoms with Crippen molar-refractivity contribution in [1.29, 1.82) is 0 Å². The first-order valence-corrected chi connectivity index (χ1v) is 6.06. The summed E-state index contributed by atoms with van der Waals surface area (Å²) in [6.45, 7) is 3.68. The Morgan fingerprint density at radius 2 is 2.20 bits per heavy atom. The second-order valence-corrected chi connectivity index (χ2v) is 4.14. The number of oxazole rings is 1. The van der Waals surface area contributed by atoms with Crippen molar-refractivity contribution >= 4 is 11.9 Å². The number of rotatable bonds is 5. The fourth-order valence-electron chi connectivity index (χ4n) is 1.73. The van der Waals surface area contributed by atoms with Crippen LogP contribution in [0.3, 0.4) is 0 Å². The van der Waals surface area contributed by atoms with Crippen molar-refractivity contribution in [3.05, 3.63) is 41.0 Å². The number of amides is 1. The highest BCUT2D eigenvalue weighted by Gasteiger charge is 2.20. The van der Waals surface area contributed by atoms with E-state index in [2.05, 4.69) is 10.3 Å². The number of carboxylic acid groups (broad SMARTS) is 1. The third-order valence-corrected chi connectivity index (χ3v) is 2.85. The van der Waals surface area contributed by atoms with Gasteiger partial charge < -0.3 is 19.3 Å². The van der Waals surface area contributed by atoms with Gasteiger partial charge >= 0.3 is 5.97 Å². The lowest BCUT2D eigenvalue weighted by molar-refractivity contribution is 0.0694. The van der Waals surface area contributed by atoms with Crippen molar-refractivity contribution < 1.29 is 23.5 Å². The average molecular weight is 278 g/mol. The Kier molecular flexibility index (Phi) is 3.88. The van der Waals surface area contributed by atoms with E-state index in [0.29, 0.717) is 17.9 Å². The molecular formula is C13H14N2O5. The number of carbonyl (C=O) groups is 2. The first-order chi connectivity index (χ1) is 9.52. The molecule has 0 aliphatic rings. The Hall–Kier alpha value is -2.57. The Balaban J connectivity index is 2.09. The molecule has 106 valence electrons. The number of aryl methyl sites for hydroxylation is 2. The topological polar surface area (TPSA) is 106 Å². The van der Waals surface area contributed by atoms with Gasteiger partial charge in [-0.05, 0) is 6.92 Å². The maximum absolute atomic E-state index is 11.9. The SMILES string of the molecule is CCc1oc(C(=O)NCc2ncoc2C)cc1C(=O)O. The molecule has 2 aromatic heterocycles. The van der Waals surface area contributed by atoms with Crippen LogP contribution in [0.15, 0.2) is 21.3 Å². The van der Waals surface area contributed by atoms with Crippen LogP contribution < -0.4 is 5.32 Å². The molecule has 0 spiro atoms. The van der Waals surface area contributed by atoms with Crippen LogP contribution in [-0.2, 0) is 13.0 Å². The fourth-order valence-corrected chi connectivity index (χ4v) is 1.73. The number of carboxylic acids is 1. The van der Waals surface area contributed by atoms with Crippen LogP contribution in [0.25, 0.3) is 0 Å². The normalized spacial score (nSPS) is 10.5. The second kappa shape index (κ2) is 5.60. The maximum atomic E-state index is 11.9. The van der Waals surface area contributed by atoms with Gasteiger partial charge in [-0.2, -0.15) is 0 Å². The van der Waals surface area contributed by atoms with Crippen molar-refractivity contribution in [3.63, 3.8) is 0 Å². The summed E-state index contributed by atoms with van der Waals surface area (Å²) in [7, 11) is 0. The summed E-state index contributed by atoms with van der Waals surface area (Å²) in [6.07, 6.45) is 1.69. The Bertz CT molecular complexity index is 641.